The summed E-state index contributed by atoms with van der Waals surface area (Å²) in [6.45, 7) is 1.42. The van der Waals surface area contributed by atoms with Gasteiger partial charge in [-0.1, -0.05) is 6.07 Å². The third-order valence-corrected chi connectivity index (χ3v) is 5.02. The van der Waals surface area contributed by atoms with Gasteiger partial charge in [0, 0.05) is 55.4 Å². The average molecular weight is 395 g/mol. The second-order valence-electron chi connectivity index (χ2n) is 6.85. The summed E-state index contributed by atoms with van der Waals surface area (Å²) >= 11 is 0. The molecule has 0 atom stereocenters. The van der Waals surface area contributed by atoms with E-state index in [9.17, 15) is 18.4 Å². The zero-order chi connectivity index (χ0) is 20.4. The lowest BCUT2D eigenvalue weighted by Gasteiger charge is -2.35. The van der Waals surface area contributed by atoms with Crippen LogP contribution < -0.4 is 0 Å². The Kier molecular flexibility index (Phi) is 5.12. The minimum atomic E-state index is -1.05. The van der Waals surface area contributed by atoms with Crippen molar-refractivity contribution in [2.75, 3.05) is 26.2 Å². The lowest BCUT2D eigenvalue weighted by Crippen LogP contribution is -2.50. The van der Waals surface area contributed by atoms with E-state index in [1.165, 1.54) is 6.07 Å². The summed E-state index contributed by atoms with van der Waals surface area (Å²) in [5.41, 5.74) is 1.58. The van der Waals surface area contributed by atoms with Gasteiger partial charge in [-0.15, -0.1) is 0 Å². The Morgan fingerprint density at radius 2 is 1.28 bits per heavy atom. The van der Waals surface area contributed by atoms with Gasteiger partial charge in [0.05, 0.1) is 0 Å². The summed E-state index contributed by atoms with van der Waals surface area (Å²) in [5.74, 6) is -2.50. The minimum Gasteiger partial charge on any atom is -0.335 e. The maximum Gasteiger partial charge on any atom is 0.254 e. The van der Waals surface area contributed by atoms with Crippen LogP contribution in [-0.4, -0.2) is 52.4 Å². The number of nitrogens with zero attached hydrogens (tertiary/aromatic N) is 3. The van der Waals surface area contributed by atoms with E-state index in [0.29, 0.717) is 31.7 Å². The molecule has 0 spiro atoms. The van der Waals surface area contributed by atoms with Gasteiger partial charge < -0.3 is 14.4 Å². The molecular weight excluding hydrogens is 376 g/mol. The number of carbonyl (C=O) groups is 2. The van der Waals surface area contributed by atoms with Crippen molar-refractivity contribution in [2.45, 2.75) is 0 Å². The molecule has 2 heterocycles. The molecule has 5 nitrogen and oxygen atoms in total. The van der Waals surface area contributed by atoms with Crippen molar-refractivity contribution >= 4 is 11.8 Å². The number of carbonyl (C=O) groups excluding carboxylic acids is 2. The molecule has 1 aliphatic heterocycles. The maximum absolute atomic E-state index is 13.4. The van der Waals surface area contributed by atoms with Crippen molar-refractivity contribution in [3.63, 3.8) is 0 Å². The second-order valence-corrected chi connectivity index (χ2v) is 6.85. The smallest absolute Gasteiger partial charge is 0.254 e. The quantitative estimate of drug-likeness (QED) is 0.683. The van der Waals surface area contributed by atoms with Crippen LogP contribution in [0.2, 0.25) is 0 Å². The van der Waals surface area contributed by atoms with Crippen LogP contribution in [0.25, 0.3) is 5.69 Å². The highest BCUT2D eigenvalue weighted by Gasteiger charge is 2.26. The van der Waals surface area contributed by atoms with Gasteiger partial charge >= 0.3 is 0 Å². The average Bonchev–Trinajstić information content (AvgIpc) is 3.30. The van der Waals surface area contributed by atoms with Crippen LogP contribution in [0.15, 0.2) is 67.0 Å². The Hall–Kier alpha value is -3.48. The van der Waals surface area contributed by atoms with Crippen LogP contribution >= 0.6 is 0 Å². The van der Waals surface area contributed by atoms with Gasteiger partial charge in [0.2, 0.25) is 0 Å². The summed E-state index contributed by atoms with van der Waals surface area (Å²) < 4.78 is 28.4. The van der Waals surface area contributed by atoms with E-state index >= 15 is 0 Å². The van der Waals surface area contributed by atoms with E-state index in [0.717, 1.165) is 17.8 Å². The molecule has 1 aliphatic rings. The summed E-state index contributed by atoms with van der Waals surface area (Å²) in [7, 11) is 0. The first-order valence-corrected chi connectivity index (χ1v) is 9.30. The number of aromatic nitrogens is 1. The molecule has 0 N–H and O–H groups in total. The molecule has 0 unspecified atom stereocenters. The second kappa shape index (κ2) is 7.87. The Morgan fingerprint density at radius 1 is 0.690 bits per heavy atom. The van der Waals surface area contributed by atoms with Gasteiger partial charge in [0.1, 0.15) is 0 Å². The van der Waals surface area contributed by atoms with Gasteiger partial charge in [-0.05, 0) is 48.5 Å². The highest BCUT2D eigenvalue weighted by molar-refractivity contribution is 5.96. The lowest BCUT2D eigenvalue weighted by atomic mass is 10.1. The molecule has 2 aromatic carbocycles. The molecule has 0 bridgehead atoms. The van der Waals surface area contributed by atoms with E-state index in [4.69, 9.17) is 0 Å². The Labute approximate surface area is 166 Å². The summed E-state index contributed by atoms with van der Waals surface area (Å²) in [6.07, 6.45) is 3.82. The van der Waals surface area contributed by atoms with Gasteiger partial charge in [-0.3, -0.25) is 9.59 Å². The fraction of sp³-hybridized carbons (Fsp3) is 0.182. The van der Waals surface area contributed by atoms with Gasteiger partial charge in [0.25, 0.3) is 11.8 Å². The van der Waals surface area contributed by atoms with Crippen molar-refractivity contribution in [3.8, 4) is 5.69 Å². The largest absolute Gasteiger partial charge is 0.335 e. The topological polar surface area (TPSA) is 45.6 Å². The molecule has 4 rings (SSSR count). The van der Waals surface area contributed by atoms with E-state index in [-0.39, 0.29) is 17.4 Å². The highest BCUT2D eigenvalue weighted by Crippen LogP contribution is 2.16. The van der Waals surface area contributed by atoms with Crippen molar-refractivity contribution in [3.05, 3.63) is 89.8 Å². The molecule has 0 aliphatic carbocycles. The Bertz CT molecular complexity index is 1040. The first-order valence-electron chi connectivity index (χ1n) is 9.30. The van der Waals surface area contributed by atoms with E-state index in [1.807, 2.05) is 47.3 Å². The van der Waals surface area contributed by atoms with Crippen LogP contribution in [-0.2, 0) is 0 Å². The van der Waals surface area contributed by atoms with Crippen molar-refractivity contribution in [2.24, 2.45) is 0 Å². The number of hydrogen-bond donors (Lipinski definition) is 0. The molecule has 3 aromatic rings. The molecule has 148 valence electrons. The SMILES string of the molecule is O=C(c1cccc(-n2cccc2)c1)N1CCN(C(=O)c2ccc(F)c(F)c2)CC1. The zero-order valence-corrected chi connectivity index (χ0v) is 15.6. The lowest BCUT2D eigenvalue weighted by molar-refractivity contribution is 0.0535. The minimum absolute atomic E-state index is 0.0982. The van der Waals surface area contributed by atoms with Crippen LogP contribution in [0.3, 0.4) is 0 Å². The third-order valence-electron chi connectivity index (χ3n) is 5.02. The van der Waals surface area contributed by atoms with E-state index in [2.05, 4.69) is 0 Å². The molecule has 7 heteroatoms. The summed E-state index contributed by atoms with van der Waals surface area (Å²) in [6, 6.07) is 14.3. The van der Waals surface area contributed by atoms with Crippen molar-refractivity contribution < 1.29 is 18.4 Å². The maximum atomic E-state index is 13.4. The van der Waals surface area contributed by atoms with Crippen LogP contribution in [0.5, 0.6) is 0 Å². The molecule has 1 fully saturated rings. The number of rotatable bonds is 3. The van der Waals surface area contributed by atoms with Crippen molar-refractivity contribution in [1.82, 2.24) is 14.4 Å². The Morgan fingerprint density at radius 3 is 1.86 bits per heavy atom. The van der Waals surface area contributed by atoms with Gasteiger partial charge in [0.15, 0.2) is 11.6 Å². The monoisotopic (exact) mass is 395 g/mol. The van der Waals surface area contributed by atoms with E-state index < -0.39 is 11.6 Å². The molecule has 2 amide bonds. The standard InChI is InChI=1S/C22H19F2N3O2/c23-19-7-6-17(15-20(19)24)22(29)27-12-10-26(11-13-27)21(28)16-4-3-5-18(14-16)25-8-1-2-9-25/h1-9,14-15H,10-13H2. The van der Waals surface area contributed by atoms with Gasteiger partial charge in [-0.25, -0.2) is 8.78 Å². The predicted octanol–water partition coefficient (Wildman–Crippen LogP) is 3.35. The molecule has 1 aromatic heterocycles. The van der Waals surface area contributed by atoms with Gasteiger partial charge in [-0.2, -0.15) is 0 Å². The van der Waals surface area contributed by atoms with Crippen LogP contribution in [0, 0.1) is 11.6 Å². The number of halogens is 2. The first-order chi connectivity index (χ1) is 14.0. The molecule has 0 radical (unpaired) electrons. The predicted molar refractivity (Wildman–Crippen MR) is 104 cm³/mol. The number of piperazine rings is 1. The third kappa shape index (κ3) is 3.89. The molecule has 29 heavy (non-hydrogen) atoms. The molecule has 0 saturated carbocycles. The number of amides is 2. The normalized spacial score (nSPS) is 14.1. The molecule has 1 saturated heterocycles. The summed E-state index contributed by atoms with van der Waals surface area (Å²) in [5, 5.41) is 0. The number of benzene rings is 2. The fourth-order valence-corrected chi connectivity index (χ4v) is 3.41. The number of hydrogen-bond acceptors (Lipinski definition) is 2. The molecular formula is C22H19F2N3O2. The highest BCUT2D eigenvalue weighted by atomic mass is 19.2. The van der Waals surface area contributed by atoms with Crippen LogP contribution in [0.4, 0.5) is 8.78 Å². The fourth-order valence-electron chi connectivity index (χ4n) is 3.41. The van der Waals surface area contributed by atoms with Crippen LogP contribution in [0.1, 0.15) is 20.7 Å². The summed E-state index contributed by atoms with van der Waals surface area (Å²) in [4.78, 5) is 28.6. The first kappa shape index (κ1) is 18.9. The van der Waals surface area contributed by atoms with Crippen molar-refractivity contribution in [1.29, 1.82) is 0 Å². The zero-order valence-electron chi connectivity index (χ0n) is 15.6. The van der Waals surface area contributed by atoms with E-state index in [1.54, 1.807) is 15.9 Å². The Balaban J connectivity index is 1.42.